The summed E-state index contributed by atoms with van der Waals surface area (Å²) in [6, 6.07) is 11.2. The summed E-state index contributed by atoms with van der Waals surface area (Å²) in [6.45, 7) is 2.07. The molecule has 4 rings (SSSR count). The van der Waals surface area contributed by atoms with Crippen LogP contribution in [0, 0.1) is 0 Å². The Bertz CT molecular complexity index is 1240. The number of hydrogen-bond donors (Lipinski definition) is 1. The van der Waals surface area contributed by atoms with E-state index in [0.717, 1.165) is 5.56 Å². The second-order valence-electron chi connectivity index (χ2n) is 7.22. The van der Waals surface area contributed by atoms with Crippen molar-refractivity contribution in [1.29, 1.82) is 0 Å². The third-order valence-electron chi connectivity index (χ3n) is 5.02. The first-order valence-corrected chi connectivity index (χ1v) is 12.6. The number of nitrogens with zero attached hydrogens (tertiary/aromatic N) is 4. The maximum absolute atomic E-state index is 13.0. The number of rotatable bonds is 5. The third kappa shape index (κ3) is 4.95. The minimum atomic E-state index is -3.73. The first-order chi connectivity index (χ1) is 15.2. The average molecular weight is 512 g/mol. The Labute approximate surface area is 199 Å². The first-order valence-electron chi connectivity index (χ1n) is 9.63. The molecule has 1 saturated heterocycles. The lowest BCUT2D eigenvalue weighted by Gasteiger charge is -2.31. The van der Waals surface area contributed by atoms with Gasteiger partial charge < -0.3 is 4.90 Å². The van der Waals surface area contributed by atoms with Gasteiger partial charge in [-0.1, -0.05) is 46.7 Å². The summed E-state index contributed by atoms with van der Waals surface area (Å²) in [7, 11) is -1.79. The van der Waals surface area contributed by atoms with Crippen LogP contribution in [-0.2, 0) is 10.0 Å². The van der Waals surface area contributed by atoms with Crippen LogP contribution in [0.25, 0.3) is 10.6 Å². The van der Waals surface area contributed by atoms with Gasteiger partial charge >= 0.3 is 0 Å². The van der Waals surface area contributed by atoms with Gasteiger partial charge in [0.1, 0.15) is 5.01 Å². The Morgan fingerprint density at radius 1 is 1.03 bits per heavy atom. The van der Waals surface area contributed by atoms with Gasteiger partial charge in [-0.3, -0.25) is 10.1 Å². The van der Waals surface area contributed by atoms with Gasteiger partial charge in [-0.05, 0) is 37.4 Å². The van der Waals surface area contributed by atoms with E-state index in [1.807, 2.05) is 7.05 Å². The maximum Gasteiger partial charge on any atom is 0.259 e. The smallest absolute Gasteiger partial charge is 0.259 e. The summed E-state index contributed by atoms with van der Waals surface area (Å²) < 4.78 is 27.5. The molecule has 0 radical (unpaired) electrons. The molecule has 2 heterocycles. The Kier molecular flexibility index (Phi) is 6.80. The second-order valence-corrected chi connectivity index (χ2v) is 11.0. The van der Waals surface area contributed by atoms with E-state index in [1.165, 1.54) is 33.8 Å². The standard InChI is InChI=1S/C20H19Cl2N5O3S2/c1-26-8-10-27(11-9-26)32(29,30)15-6-7-17(22)16(12-15)18(28)23-20-25-24-19(31-20)13-2-4-14(21)5-3-13/h2-7,12H,8-11H2,1H3,(H,23,25,28). The predicted molar refractivity (Wildman–Crippen MR) is 126 cm³/mol. The molecule has 1 fully saturated rings. The van der Waals surface area contributed by atoms with Crippen LogP contribution < -0.4 is 5.32 Å². The van der Waals surface area contributed by atoms with Gasteiger partial charge in [0.15, 0.2) is 0 Å². The van der Waals surface area contributed by atoms with E-state index in [1.54, 1.807) is 24.3 Å². The average Bonchev–Trinajstić information content (AvgIpc) is 3.23. The van der Waals surface area contributed by atoms with E-state index in [2.05, 4.69) is 20.4 Å². The molecule has 0 spiro atoms. The lowest BCUT2D eigenvalue weighted by Crippen LogP contribution is -2.47. The number of carbonyl (C=O) groups excluding carboxylic acids is 1. The van der Waals surface area contributed by atoms with E-state index in [4.69, 9.17) is 23.2 Å². The highest BCUT2D eigenvalue weighted by molar-refractivity contribution is 7.89. The predicted octanol–water partition coefficient (Wildman–Crippen LogP) is 3.70. The molecule has 0 bridgehead atoms. The molecule has 8 nitrogen and oxygen atoms in total. The minimum Gasteiger partial charge on any atom is -0.304 e. The zero-order valence-electron chi connectivity index (χ0n) is 17.0. The van der Waals surface area contributed by atoms with Crippen molar-refractivity contribution in [1.82, 2.24) is 19.4 Å². The number of carbonyl (C=O) groups is 1. The van der Waals surface area contributed by atoms with Crippen LogP contribution in [0.1, 0.15) is 10.4 Å². The van der Waals surface area contributed by atoms with Crippen LogP contribution in [-0.4, -0.2) is 67.0 Å². The second kappa shape index (κ2) is 9.42. The number of nitrogens with one attached hydrogen (secondary N) is 1. The van der Waals surface area contributed by atoms with Crippen molar-refractivity contribution in [2.24, 2.45) is 0 Å². The first kappa shape index (κ1) is 23.1. The number of sulfonamides is 1. The normalized spacial score (nSPS) is 15.6. The van der Waals surface area contributed by atoms with Crippen LogP contribution in [0.3, 0.4) is 0 Å². The number of piperazine rings is 1. The fourth-order valence-corrected chi connectivity index (χ4v) is 5.69. The largest absolute Gasteiger partial charge is 0.304 e. The summed E-state index contributed by atoms with van der Waals surface area (Å²) in [5, 5.41) is 12.3. The van der Waals surface area contributed by atoms with E-state index < -0.39 is 15.9 Å². The summed E-state index contributed by atoms with van der Waals surface area (Å²) in [6.07, 6.45) is 0. The molecule has 1 aliphatic rings. The Morgan fingerprint density at radius 2 is 1.72 bits per heavy atom. The van der Waals surface area contributed by atoms with E-state index in [9.17, 15) is 13.2 Å². The summed E-state index contributed by atoms with van der Waals surface area (Å²) in [5.41, 5.74) is 0.857. The van der Waals surface area contributed by atoms with Crippen LogP contribution in [0.4, 0.5) is 5.13 Å². The van der Waals surface area contributed by atoms with Crippen LogP contribution in [0.2, 0.25) is 10.0 Å². The van der Waals surface area contributed by atoms with Crippen LogP contribution >= 0.6 is 34.5 Å². The molecule has 1 aliphatic heterocycles. The molecule has 32 heavy (non-hydrogen) atoms. The highest BCUT2D eigenvalue weighted by Crippen LogP contribution is 2.29. The van der Waals surface area contributed by atoms with Crippen molar-refractivity contribution < 1.29 is 13.2 Å². The third-order valence-corrected chi connectivity index (χ3v) is 8.38. The lowest BCUT2D eigenvalue weighted by molar-refractivity contribution is 0.102. The maximum atomic E-state index is 13.0. The number of benzene rings is 2. The highest BCUT2D eigenvalue weighted by Gasteiger charge is 2.28. The molecule has 168 valence electrons. The van der Waals surface area contributed by atoms with Gasteiger partial charge in [0.25, 0.3) is 5.91 Å². The van der Waals surface area contributed by atoms with Crippen molar-refractivity contribution in [3.05, 3.63) is 58.1 Å². The Morgan fingerprint density at radius 3 is 2.41 bits per heavy atom. The zero-order chi connectivity index (χ0) is 22.9. The monoisotopic (exact) mass is 511 g/mol. The molecule has 2 aromatic carbocycles. The van der Waals surface area contributed by atoms with Gasteiger partial charge in [0, 0.05) is 36.8 Å². The molecule has 0 aliphatic carbocycles. The highest BCUT2D eigenvalue weighted by atomic mass is 35.5. The molecule has 1 amide bonds. The van der Waals surface area contributed by atoms with E-state index in [-0.39, 0.29) is 20.6 Å². The van der Waals surface area contributed by atoms with Crippen molar-refractivity contribution in [2.45, 2.75) is 4.90 Å². The number of hydrogen-bond acceptors (Lipinski definition) is 7. The Balaban J connectivity index is 1.54. The molecule has 12 heteroatoms. The molecular weight excluding hydrogens is 493 g/mol. The van der Waals surface area contributed by atoms with Gasteiger partial charge in [-0.25, -0.2) is 8.42 Å². The van der Waals surface area contributed by atoms with Crippen LogP contribution in [0.15, 0.2) is 47.4 Å². The van der Waals surface area contributed by atoms with E-state index in [0.29, 0.717) is 36.2 Å². The molecule has 0 saturated carbocycles. The fourth-order valence-electron chi connectivity index (χ4n) is 3.16. The number of amides is 1. The van der Waals surface area contributed by atoms with Gasteiger partial charge in [0.05, 0.1) is 15.5 Å². The van der Waals surface area contributed by atoms with Crippen molar-refractivity contribution in [3.63, 3.8) is 0 Å². The summed E-state index contributed by atoms with van der Waals surface area (Å²) in [5.74, 6) is -0.566. The molecule has 3 aromatic rings. The number of anilines is 1. The quantitative estimate of drug-likeness (QED) is 0.560. The summed E-state index contributed by atoms with van der Waals surface area (Å²) in [4.78, 5) is 14.9. The number of aromatic nitrogens is 2. The topological polar surface area (TPSA) is 95.5 Å². The number of halogens is 2. The minimum absolute atomic E-state index is 0.0238. The molecule has 1 aromatic heterocycles. The van der Waals surface area contributed by atoms with Gasteiger partial charge in [-0.2, -0.15) is 4.31 Å². The molecule has 0 unspecified atom stereocenters. The van der Waals surface area contributed by atoms with Crippen molar-refractivity contribution in [2.75, 3.05) is 38.5 Å². The molecule has 1 N–H and O–H groups in total. The lowest BCUT2D eigenvalue weighted by atomic mass is 10.2. The summed E-state index contributed by atoms with van der Waals surface area (Å²) >= 11 is 13.3. The van der Waals surface area contributed by atoms with Crippen molar-refractivity contribution in [3.8, 4) is 10.6 Å². The van der Waals surface area contributed by atoms with Crippen molar-refractivity contribution >= 4 is 55.6 Å². The molecular formula is C20H19Cl2N5O3S2. The zero-order valence-corrected chi connectivity index (χ0v) is 20.1. The molecule has 0 atom stereocenters. The van der Waals surface area contributed by atoms with Gasteiger partial charge in [0.2, 0.25) is 15.2 Å². The SMILES string of the molecule is CN1CCN(S(=O)(=O)c2ccc(Cl)c(C(=O)Nc3nnc(-c4ccc(Cl)cc4)s3)c2)CC1. The fraction of sp³-hybridized carbons (Fsp3) is 0.250. The van der Waals surface area contributed by atoms with Crippen LogP contribution in [0.5, 0.6) is 0 Å². The van der Waals surface area contributed by atoms with Gasteiger partial charge in [-0.15, -0.1) is 10.2 Å². The Hall–Kier alpha value is -2.08. The number of likely N-dealkylation sites (N-methyl/N-ethyl adjacent to an activating group) is 1. The van der Waals surface area contributed by atoms with E-state index >= 15 is 0 Å².